The molecule has 0 aliphatic rings. The van der Waals surface area contributed by atoms with E-state index in [1.165, 1.54) is 6.20 Å². The second-order valence-electron chi connectivity index (χ2n) is 4.07. The first kappa shape index (κ1) is 11.8. The molecule has 0 aromatic carbocycles. The molecule has 0 bridgehead atoms. The molecule has 0 aliphatic heterocycles. The lowest BCUT2D eigenvalue weighted by Crippen LogP contribution is -2.16. The summed E-state index contributed by atoms with van der Waals surface area (Å²) in [5, 5.41) is 3.23. The van der Waals surface area contributed by atoms with Crippen molar-refractivity contribution >= 4 is 34.4 Å². The molecule has 96 valence electrons. The maximum absolute atomic E-state index is 12.1. The van der Waals surface area contributed by atoms with Crippen molar-refractivity contribution in [3.8, 4) is 0 Å². The van der Waals surface area contributed by atoms with E-state index in [0.29, 0.717) is 22.1 Å². The SMILES string of the molecule is Cn1c(C(=O)Nc2ccc(Cl)cn2)cc2occc21. The number of amides is 1. The Labute approximate surface area is 113 Å². The van der Waals surface area contributed by atoms with Crippen LogP contribution < -0.4 is 5.32 Å². The van der Waals surface area contributed by atoms with Crippen LogP contribution in [-0.4, -0.2) is 15.5 Å². The maximum Gasteiger partial charge on any atom is 0.273 e. The van der Waals surface area contributed by atoms with Gasteiger partial charge in [0.15, 0.2) is 5.58 Å². The Morgan fingerprint density at radius 1 is 1.42 bits per heavy atom. The molecule has 0 atom stereocenters. The summed E-state index contributed by atoms with van der Waals surface area (Å²) in [5.41, 5.74) is 2.05. The lowest BCUT2D eigenvalue weighted by atomic mass is 10.4. The van der Waals surface area contributed by atoms with Crippen LogP contribution in [-0.2, 0) is 7.05 Å². The Morgan fingerprint density at radius 3 is 2.95 bits per heavy atom. The molecule has 0 saturated carbocycles. The van der Waals surface area contributed by atoms with Gasteiger partial charge in [-0.25, -0.2) is 4.98 Å². The summed E-state index contributed by atoms with van der Waals surface area (Å²) in [6, 6.07) is 6.82. The minimum Gasteiger partial charge on any atom is -0.463 e. The highest BCUT2D eigenvalue weighted by molar-refractivity contribution is 6.30. The van der Waals surface area contributed by atoms with Crippen molar-refractivity contribution in [2.45, 2.75) is 0 Å². The molecule has 1 amide bonds. The standard InChI is InChI=1S/C13H10ClN3O2/c1-17-9-4-5-19-11(9)6-10(17)13(18)16-12-3-2-8(14)7-15-12/h2-7H,1H3,(H,15,16,18). The predicted octanol–water partition coefficient (Wildman–Crippen LogP) is 3.07. The number of anilines is 1. The molecule has 3 rings (SSSR count). The normalized spacial score (nSPS) is 10.8. The van der Waals surface area contributed by atoms with Gasteiger partial charge >= 0.3 is 0 Å². The summed E-state index contributed by atoms with van der Waals surface area (Å²) >= 11 is 5.74. The molecule has 3 aromatic heterocycles. The maximum atomic E-state index is 12.1. The predicted molar refractivity (Wildman–Crippen MR) is 72.4 cm³/mol. The fourth-order valence-electron chi connectivity index (χ4n) is 1.90. The highest BCUT2D eigenvalue weighted by Crippen LogP contribution is 2.20. The molecule has 0 spiro atoms. The zero-order chi connectivity index (χ0) is 13.4. The number of aromatic nitrogens is 2. The lowest BCUT2D eigenvalue weighted by molar-refractivity contribution is 0.101. The number of aryl methyl sites for hydroxylation is 1. The number of nitrogens with zero attached hydrogens (tertiary/aromatic N) is 2. The second kappa shape index (κ2) is 4.44. The molecular formula is C13H10ClN3O2. The van der Waals surface area contributed by atoms with Gasteiger partial charge in [-0.3, -0.25) is 4.79 Å². The number of rotatable bonds is 2. The Hall–Kier alpha value is -2.27. The topological polar surface area (TPSA) is 60.1 Å². The highest BCUT2D eigenvalue weighted by atomic mass is 35.5. The number of furan rings is 1. The molecule has 1 N–H and O–H groups in total. The number of hydrogen-bond donors (Lipinski definition) is 1. The van der Waals surface area contributed by atoms with Gasteiger partial charge in [0.05, 0.1) is 16.8 Å². The Kier molecular flexibility index (Phi) is 2.76. The van der Waals surface area contributed by atoms with Gasteiger partial charge in [0.1, 0.15) is 11.5 Å². The van der Waals surface area contributed by atoms with Gasteiger partial charge in [-0.2, -0.15) is 0 Å². The Morgan fingerprint density at radius 2 is 2.26 bits per heavy atom. The van der Waals surface area contributed by atoms with Gasteiger partial charge in [-0.05, 0) is 12.1 Å². The zero-order valence-electron chi connectivity index (χ0n) is 10.1. The van der Waals surface area contributed by atoms with Crippen molar-refractivity contribution in [2.24, 2.45) is 7.05 Å². The summed E-state index contributed by atoms with van der Waals surface area (Å²) in [6.07, 6.45) is 3.07. The first-order valence-corrected chi connectivity index (χ1v) is 5.99. The molecule has 0 radical (unpaired) electrons. The van der Waals surface area contributed by atoms with Crippen molar-refractivity contribution in [3.63, 3.8) is 0 Å². The van der Waals surface area contributed by atoms with Crippen LogP contribution in [0.15, 0.2) is 41.1 Å². The number of nitrogens with one attached hydrogen (secondary N) is 1. The van der Waals surface area contributed by atoms with Gasteiger partial charge in [-0.1, -0.05) is 11.6 Å². The van der Waals surface area contributed by atoms with Gasteiger partial charge in [0, 0.05) is 25.4 Å². The van der Waals surface area contributed by atoms with Crippen LogP contribution in [0.3, 0.4) is 0 Å². The molecule has 0 saturated heterocycles. The highest BCUT2D eigenvalue weighted by Gasteiger charge is 2.15. The first-order valence-electron chi connectivity index (χ1n) is 5.61. The van der Waals surface area contributed by atoms with Crippen LogP contribution >= 0.6 is 11.6 Å². The largest absolute Gasteiger partial charge is 0.463 e. The monoisotopic (exact) mass is 275 g/mol. The number of halogens is 1. The smallest absolute Gasteiger partial charge is 0.273 e. The van der Waals surface area contributed by atoms with Crippen LogP contribution in [0.4, 0.5) is 5.82 Å². The van der Waals surface area contributed by atoms with E-state index in [2.05, 4.69) is 10.3 Å². The number of pyridine rings is 1. The van der Waals surface area contributed by atoms with E-state index in [1.807, 2.05) is 13.1 Å². The van der Waals surface area contributed by atoms with Crippen LogP contribution in [0.5, 0.6) is 0 Å². The number of hydrogen-bond acceptors (Lipinski definition) is 3. The molecule has 6 heteroatoms. The average Bonchev–Trinajstić information content (AvgIpc) is 2.96. The van der Waals surface area contributed by atoms with Crippen LogP contribution in [0.2, 0.25) is 5.02 Å². The summed E-state index contributed by atoms with van der Waals surface area (Å²) < 4.78 is 7.03. The van der Waals surface area contributed by atoms with Crippen molar-refractivity contribution in [1.29, 1.82) is 0 Å². The Bertz CT molecular complexity index is 743. The zero-order valence-corrected chi connectivity index (χ0v) is 10.8. The average molecular weight is 276 g/mol. The quantitative estimate of drug-likeness (QED) is 0.782. The Balaban J connectivity index is 1.89. The summed E-state index contributed by atoms with van der Waals surface area (Å²) in [7, 11) is 1.81. The third-order valence-corrected chi connectivity index (χ3v) is 3.09. The van der Waals surface area contributed by atoms with Crippen molar-refractivity contribution in [1.82, 2.24) is 9.55 Å². The van der Waals surface area contributed by atoms with E-state index in [9.17, 15) is 4.79 Å². The van der Waals surface area contributed by atoms with Gasteiger partial charge in [-0.15, -0.1) is 0 Å². The molecule has 0 unspecified atom stereocenters. The molecule has 0 fully saturated rings. The van der Waals surface area contributed by atoms with Crippen molar-refractivity contribution in [2.75, 3.05) is 5.32 Å². The van der Waals surface area contributed by atoms with Crippen LogP contribution in [0, 0.1) is 0 Å². The fourth-order valence-corrected chi connectivity index (χ4v) is 2.01. The molecule has 3 aromatic rings. The molecule has 19 heavy (non-hydrogen) atoms. The van der Waals surface area contributed by atoms with Crippen molar-refractivity contribution in [3.05, 3.63) is 47.4 Å². The van der Waals surface area contributed by atoms with Crippen molar-refractivity contribution < 1.29 is 9.21 Å². The van der Waals surface area contributed by atoms with E-state index >= 15 is 0 Å². The summed E-state index contributed by atoms with van der Waals surface area (Å²) in [5.74, 6) is 0.205. The molecule has 0 aliphatic carbocycles. The number of fused-ring (bicyclic) bond motifs is 1. The first-order chi connectivity index (χ1) is 9.15. The van der Waals surface area contributed by atoms with E-state index < -0.39 is 0 Å². The number of carbonyl (C=O) groups is 1. The second-order valence-corrected chi connectivity index (χ2v) is 4.51. The molecule has 5 nitrogen and oxygen atoms in total. The minimum atomic E-state index is -0.247. The fraction of sp³-hybridized carbons (Fsp3) is 0.0769. The van der Waals surface area contributed by atoms with E-state index in [-0.39, 0.29) is 5.91 Å². The summed E-state index contributed by atoms with van der Waals surface area (Å²) in [4.78, 5) is 16.2. The van der Waals surface area contributed by atoms with E-state index in [4.69, 9.17) is 16.0 Å². The molecular weight excluding hydrogens is 266 g/mol. The van der Waals surface area contributed by atoms with Gasteiger partial charge in [0.2, 0.25) is 0 Å². The number of carbonyl (C=O) groups excluding carboxylic acids is 1. The van der Waals surface area contributed by atoms with E-state index in [1.54, 1.807) is 29.0 Å². The lowest BCUT2D eigenvalue weighted by Gasteiger charge is -2.05. The van der Waals surface area contributed by atoms with Crippen LogP contribution in [0.1, 0.15) is 10.5 Å². The third kappa shape index (κ3) is 2.08. The van der Waals surface area contributed by atoms with Gasteiger partial charge < -0.3 is 14.3 Å². The summed E-state index contributed by atoms with van der Waals surface area (Å²) in [6.45, 7) is 0. The van der Waals surface area contributed by atoms with E-state index in [0.717, 1.165) is 5.52 Å². The molecule has 3 heterocycles. The third-order valence-electron chi connectivity index (χ3n) is 2.87. The van der Waals surface area contributed by atoms with Crippen LogP contribution in [0.25, 0.3) is 11.1 Å². The minimum absolute atomic E-state index is 0.247. The van der Waals surface area contributed by atoms with Gasteiger partial charge in [0.25, 0.3) is 5.91 Å².